The molecule has 0 aliphatic heterocycles. The second-order valence-corrected chi connectivity index (χ2v) is 3.64. The topological polar surface area (TPSA) is 56.3 Å². The van der Waals surface area contributed by atoms with E-state index in [9.17, 15) is 0 Å². The zero-order valence-electron chi connectivity index (χ0n) is 10.1. The molecule has 1 heterocycles. The van der Waals surface area contributed by atoms with E-state index in [-0.39, 0.29) is 6.10 Å². The maximum Gasteiger partial charge on any atom is 0.232 e. The molecule has 1 aromatic heterocycles. The predicted molar refractivity (Wildman–Crippen MR) is 61.4 cm³/mol. The van der Waals surface area contributed by atoms with E-state index in [1.807, 2.05) is 20.9 Å². The summed E-state index contributed by atoms with van der Waals surface area (Å²) in [6.07, 6.45) is 3.56. The smallest absolute Gasteiger partial charge is 0.232 e. The molecule has 90 valence electrons. The number of rotatable bonds is 7. The van der Waals surface area contributed by atoms with Crippen LogP contribution in [0.2, 0.25) is 0 Å². The molecular weight excluding hydrogens is 206 g/mol. The largest absolute Gasteiger partial charge is 0.474 e. The van der Waals surface area contributed by atoms with Crippen LogP contribution in [0.15, 0.2) is 12.4 Å². The normalized spacial score (nSPS) is 10.8. The lowest BCUT2D eigenvalue weighted by Gasteiger charge is -2.08. The molecule has 1 N–H and O–H groups in total. The van der Waals surface area contributed by atoms with Crippen molar-refractivity contribution in [3.63, 3.8) is 0 Å². The van der Waals surface area contributed by atoms with Gasteiger partial charge in [0.05, 0.1) is 30.8 Å². The van der Waals surface area contributed by atoms with E-state index in [0.717, 1.165) is 5.69 Å². The molecule has 0 amide bonds. The summed E-state index contributed by atoms with van der Waals surface area (Å²) in [4.78, 5) is 8.33. The van der Waals surface area contributed by atoms with Crippen molar-refractivity contribution in [2.75, 3.05) is 20.3 Å². The Labute approximate surface area is 96.2 Å². The van der Waals surface area contributed by atoms with Crippen molar-refractivity contribution in [3.05, 3.63) is 18.1 Å². The van der Waals surface area contributed by atoms with Crippen molar-refractivity contribution in [2.45, 2.75) is 26.5 Å². The highest BCUT2D eigenvalue weighted by Crippen LogP contribution is 2.03. The van der Waals surface area contributed by atoms with Gasteiger partial charge in [-0.15, -0.1) is 0 Å². The summed E-state index contributed by atoms with van der Waals surface area (Å²) >= 11 is 0. The van der Waals surface area contributed by atoms with Crippen molar-refractivity contribution in [3.8, 4) is 5.88 Å². The van der Waals surface area contributed by atoms with Crippen molar-refractivity contribution >= 4 is 0 Å². The Bertz CT molecular complexity index is 288. The molecule has 5 nitrogen and oxygen atoms in total. The standard InChI is InChI=1S/C11H19N3O2/c1-9(2)15-4-5-16-11-8-13-10(6-12-3)7-14-11/h7-9,12H,4-6H2,1-3H3. The average Bonchev–Trinajstić information content (AvgIpc) is 2.27. The predicted octanol–water partition coefficient (Wildman–Crippen LogP) is 1.000. The van der Waals surface area contributed by atoms with Crippen molar-refractivity contribution in [1.82, 2.24) is 15.3 Å². The number of hydrogen-bond acceptors (Lipinski definition) is 5. The van der Waals surface area contributed by atoms with Gasteiger partial charge in [-0.25, -0.2) is 4.98 Å². The zero-order chi connectivity index (χ0) is 11.8. The Balaban J connectivity index is 2.26. The zero-order valence-corrected chi connectivity index (χ0v) is 10.1. The summed E-state index contributed by atoms with van der Waals surface area (Å²) in [5, 5.41) is 3.00. The summed E-state index contributed by atoms with van der Waals surface area (Å²) < 4.78 is 10.7. The molecule has 0 unspecified atom stereocenters. The molecule has 1 aromatic rings. The highest BCUT2D eigenvalue weighted by molar-refractivity contribution is 5.06. The van der Waals surface area contributed by atoms with Crippen LogP contribution in [0.1, 0.15) is 19.5 Å². The first kappa shape index (κ1) is 12.9. The number of aromatic nitrogens is 2. The maximum atomic E-state index is 5.37. The van der Waals surface area contributed by atoms with Gasteiger partial charge in [-0.05, 0) is 20.9 Å². The van der Waals surface area contributed by atoms with Crippen LogP contribution in [0.3, 0.4) is 0 Å². The van der Waals surface area contributed by atoms with Crippen LogP contribution in [0.5, 0.6) is 5.88 Å². The fraction of sp³-hybridized carbons (Fsp3) is 0.636. The monoisotopic (exact) mass is 225 g/mol. The quantitative estimate of drug-likeness (QED) is 0.702. The summed E-state index contributed by atoms with van der Waals surface area (Å²) in [6.45, 7) is 5.76. The van der Waals surface area contributed by atoms with Gasteiger partial charge in [0.15, 0.2) is 0 Å². The molecule has 0 fully saturated rings. The first-order valence-electron chi connectivity index (χ1n) is 5.42. The molecule has 0 saturated carbocycles. The summed E-state index contributed by atoms with van der Waals surface area (Å²) in [7, 11) is 1.87. The molecule has 1 rings (SSSR count). The van der Waals surface area contributed by atoms with Gasteiger partial charge in [0.1, 0.15) is 6.61 Å². The minimum atomic E-state index is 0.229. The Kier molecular flexibility index (Phi) is 5.74. The van der Waals surface area contributed by atoms with Crippen molar-refractivity contribution in [1.29, 1.82) is 0 Å². The number of nitrogens with one attached hydrogen (secondary N) is 1. The molecule has 0 spiro atoms. The summed E-state index contributed by atoms with van der Waals surface area (Å²) in [5.74, 6) is 0.534. The SMILES string of the molecule is CNCc1cnc(OCCOC(C)C)cn1. The molecule has 0 aliphatic rings. The highest BCUT2D eigenvalue weighted by atomic mass is 16.5. The van der Waals surface area contributed by atoms with Crippen LogP contribution in [-0.4, -0.2) is 36.3 Å². The van der Waals surface area contributed by atoms with Gasteiger partial charge < -0.3 is 14.8 Å². The van der Waals surface area contributed by atoms with Gasteiger partial charge in [-0.3, -0.25) is 4.98 Å². The molecular formula is C11H19N3O2. The van der Waals surface area contributed by atoms with Gasteiger partial charge in [-0.1, -0.05) is 0 Å². The molecule has 0 saturated heterocycles. The fourth-order valence-corrected chi connectivity index (χ4v) is 1.12. The van der Waals surface area contributed by atoms with E-state index in [1.54, 1.807) is 12.4 Å². The van der Waals surface area contributed by atoms with E-state index in [2.05, 4.69) is 15.3 Å². The van der Waals surface area contributed by atoms with Gasteiger partial charge in [0, 0.05) is 6.54 Å². The molecule has 16 heavy (non-hydrogen) atoms. The molecule has 0 atom stereocenters. The van der Waals surface area contributed by atoms with Gasteiger partial charge >= 0.3 is 0 Å². The van der Waals surface area contributed by atoms with Crippen LogP contribution in [0, 0.1) is 0 Å². The van der Waals surface area contributed by atoms with E-state index in [4.69, 9.17) is 9.47 Å². The Hall–Kier alpha value is -1.20. The van der Waals surface area contributed by atoms with Crippen LogP contribution in [0.25, 0.3) is 0 Å². The Morgan fingerprint density at radius 1 is 1.25 bits per heavy atom. The first-order valence-corrected chi connectivity index (χ1v) is 5.42. The van der Waals surface area contributed by atoms with E-state index < -0.39 is 0 Å². The molecule has 0 aromatic carbocycles. The average molecular weight is 225 g/mol. The number of hydrogen-bond donors (Lipinski definition) is 1. The number of ether oxygens (including phenoxy) is 2. The molecule has 5 heteroatoms. The molecule has 0 radical (unpaired) electrons. The van der Waals surface area contributed by atoms with E-state index >= 15 is 0 Å². The maximum absolute atomic E-state index is 5.37. The second kappa shape index (κ2) is 7.14. The Morgan fingerprint density at radius 2 is 2.06 bits per heavy atom. The second-order valence-electron chi connectivity index (χ2n) is 3.64. The summed E-state index contributed by atoms with van der Waals surface area (Å²) in [6, 6.07) is 0. The summed E-state index contributed by atoms with van der Waals surface area (Å²) in [5.41, 5.74) is 0.897. The van der Waals surface area contributed by atoms with E-state index in [0.29, 0.717) is 25.6 Å². The van der Waals surface area contributed by atoms with Crippen LogP contribution in [-0.2, 0) is 11.3 Å². The minimum absolute atomic E-state index is 0.229. The minimum Gasteiger partial charge on any atom is -0.474 e. The van der Waals surface area contributed by atoms with Gasteiger partial charge in [0.2, 0.25) is 5.88 Å². The Morgan fingerprint density at radius 3 is 2.62 bits per heavy atom. The lowest BCUT2D eigenvalue weighted by molar-refractivity contribution is 0.0541. The fourth-order valence-electron chi connectivity index (χ4n) is 1.12. The van der Waals surface area contributed by atoms with Gasteiger partial charge in [-0.2, -0.15) is 0 Å². The third-order valence-electron chi connectivity index (χ3n) is 1.82. The number of nitrogens with zero attached hydrogens (tertiary/aromatic N) is 2. The van der Waals surface area contributed by atoms with E-state index in [1.165, 1.54) is 0 Å². The van der Waals surface area contributed by atoms with Gasteiger partial charge in [0.25, 0.3) is 0 Å². The van der Waals surface area contributed by atoms with Crippen molar-refractivity contribution < 1.29 is 9.47 Å². The molecule has 0 bridgehead atoms. The van der Waals surface area contributed by atoms with Crippen molar-refractivity contribution in [2.24, 2.45) is 0 Å². The third kappa shape index (κ3) is 5.04. The lowest BCUT2D eigenvalue weighted by Crippen LogP contribution is -2.12. The van der Waals surface area contributed by atoms with Crippen LogP contribution in [0.4, 0.5) is 0 Å². The highest BCUT2D eigenvalue weighted by Gasteiger charge is 1.98. The molecule has 0 aliphatic carbocycles. The van der Waals surface area contributed by atoms with Crippen LogP contribution >= 0.6 is 0 Å². The first-order chi connectivity index (χ1) is 7.72. The van der Waals surface area contributed by atoms with Crippen LogP contribution < -0.4 is 10.1 Å². The lowest BCUT2D eigenvalue weighted by atomic mass is 10.4. The third-order valence-corrected chi connectivity index (χ3v) is 1.82.